The van der Waals surface area contributed by atoms with E-state index < -0.39 is 0 Å². The Morgan fingerprint density at radius 3 is 2.52 bits per heavy atom. The quantitative estimate of drug-likeness (QED) is 0.377. The highest BCUT2D eigenvalue weighted by Crippen LogP contribution is 2.50. The van der Waals surface area contributed by atoms with E-state index in [1.165, 1.54) is 16.7 Å². The van der Waals surface area contributed by atoms with E-state index in [1.54, 1.807) is 0 Å². The van der Waals surface area contributed by atoms with Crippen LogP contribution >= 0.6 is 11.8 Å². The summed E-state index contributed by atoms with van der Waals surface area (Å²) >= 11 is 1.21. The molecular weight excluding hydrogens is 406 g/mol. The third-order valence-electron chi connectivity index (χ3n) is 5.22. The summed E-state index contributed by atoms with van der Waals surface area (Å²) in [6.07, 6.45) is 2.66. The molecule has 0 bridgehead atoms. The molecule has 5 rings (SSSR count). The van der Waals surface area contributed by atoms with Crippen LogP contribution in [0, 0.1) is 5.41 Å². The van der Waals surface area contributed by atoms with Crippen LogP contribution in [0.15, 0.2) is 77.7 Å². The number of hydrogen-bond acceptors (Lipinski definition) is 5. The average Bonchev–Trinajstić information content (AvgIpc) is 3.05. The zero-order chi connectivity index (χ0) is 21.4. The van der Waals surface area contributed by atoms with Gasteiger partial charge in [0.25, 0.3) is 5.91 Å². The summed E-state index contributed by atoms with van der Waals surface area (Å²) in [5.41, 5.74) is 3.85. The lowest BCUT2D eigenvalue weighted by atomic mass is 10.1. The lowest BCUT2D eigenvalue weighted by Gasteiger charge is -2.33. The second-order valence-corrected chi connectivity index (χ2v) is 8.37. The zero-order valence-electron chi connectivity index (χ0n) is 17.0. The number of carbonyl (C=O) groups is 1. The zero-order valence-corrected chi connectivity index (χ0v) is 17.9. The number of nitrogens with one attached hydrogen (secondary N) is 1. The molecule has 3 aromatic rings. The molecule has 0 spiro atoms. The van der Waals surface area contributed by atoms with E-state index >= 15 is 0 Å². The molecule has 1 N–H and O–H groups in total. The topological polar surface area (TPSA) is 56.6 Å². The van der Waals surface area contributed by atoms with E-state index in [-0.39, 0.29) is 11.1 Å². The number of carbonyl (C=O) groups excluding carboxylic acids is 1. The van der Waals surface area contributed by atoms with E-state index in [1.807, 2.05) is 73.7 Å². The minimum absolute atomic E-state index is 0.105. The van der Waals surface area contributed by atoms with Gasteiger partial charge in [0.15, 0.2) is 16.7 Å². The highest BCUT2D eigenvalue weighted by atomic mass is 32.2. The maximum absolute atomic E-state index is 12.7. The SMILES string of the molecule is CCCN1C(=N)S/C(=C\c2ccc3c(c2)Oc2ccccc2N3c2ccccc2)C1=O. The maximum Gasteiger partial charge on any atom is 0.266 e. The molecule has 5 nitrogen and oxygen atoms in total. The van der Waals surface area contributed by atoms with Gasteiger partial charge < -0.3 is 9.64 Å². The fourth-order valence-electron chi connectivity index (χ4n) is 3.82. The number of anilines is 3. The monoisotopic (exact) mass is 427 g/mol. The van der Waals surface area contributed by atoms with Crippen molar-refractivity contribution in [2.45, 2.75) is 13.3 Å². The van der Waals surface area contributed by atoms with Crippen molar-refractivity contribution < 1.29 is 9.53 Å². The largest absolute Gasteiger partial charge is 0.453 e. The number of rotatable bonds is 4. The van der Waals surface area contributed by atoms with Crippen molar-refractivity contribution in [2.24, 2.45) is 0 Å². The van der Waals surface area contributed by atoms with Crippen LogP contribution in [0.5, 0.6) is 11.5 Å². The molecule has 0 aliphatic carbocycles. The number of fused-ring (bicyclic) bond motifs is 2. The van der Waals surface area contributed by atoms with Gasteiger partial charge in [0.1, 0.15) is 0 Å². The fraction of sp³-hybridized carbons (Fsp3) is 0.120. The van der Waals surface area contributed by atoms with Crippen molar-refractivity contribution >= 4 is 46.0 Å². The molecule has 2 aliphatic heterocycles. The van der Waals surface area contributed by atoms with Gasteiger partial charge in [0.2, 0.25) is 0 Å². The summed E-state index contributed by atoms with van der Waals surface area (Å²) in [6.45, 7) is 2.57. The minimum Gasteiger partial charge on any atom is -0.453 e. The Labute approximate surface area is 185 Å². The summed E-state index contributed by atoms with van der Waals surface area (Å²) in [6, 6.07) is 24.1. The molecule has 0 atom stereocenters. The van der Waals surface area contributed by atoms with Crippen LogP contribution in [-0.2, 0) is 4.79 Å². The Morgan fingerprint density at radius 2 is 1.71 bits per heavy atom. The highest BCUT2D eigenvalue weighted by molar-refractivity contribution is 8.18. The number of hydrogen-bond donors (Lipinski definition) is 1. The van der Waals surface area contributed by atoms with Gasteiger partial charge in [-0.3, -0.25) is 15.1 Å². The first-order chi connectivity index (χ1) is 15.2. The number of thioether (sulfide) groups is 1. The van der Waals surface area contributed by atoms with E-state index in [9.17, 15) is 4.79 Å². The van der Waals surface area contributed by atoms with Crippen LogP contribution in [-0.4, -0.2) is 22.5 Å². The lowest BCUT2D eigenvalue weighted by Crippen LogP contribution is -2.29. The highest BCUT2D eigenvalue weighted by Gasteiger charge is 2.32. The molecule has 31 heavy (non-hydrogen) atoms. The predicted octanol–water partition coefficient (Wildman–Crippen LogP) is 6.52. The molecule has 0 radical (unpaired) electrons. The molecule has 1 amide bonds. The van der Waals surface area contributed by atoms with Gasteiger partial charge in [0, 0.05) is 12.2 Å². The number of amidine groups is 1. The minimum atomic E-state index is -0.105. The molecule has 0 aromatic heterocycles. The Hall–Kier alpha value is -3.51. The molecule has 6 heteroatoms. The number of para-hydroxylation sites is 3. The van der Waals surface area contributed by atoms with Crippen LogP contribution in [0.2, 0.25) is 0 Å². The van der Waals surface area contributed by atoms with Crippen molar-refractivity contribution in [1.29, 1.82) is 5.41 Å². The van der Waals surface area contributed by atoms with Gasteiger partial charge >= 0.3 is 0 Å². The first kappa shape index (κ1) is 19.5. The normalized spacial score (nSPS) is 16.4. The molecule has 0 saturated carbocycles. The van der Waals surface area contributed by atoms with Gasteiger partial charge in [0.05, 0.1) is 16.3 Å². The van der Waals surface area contributed by atoms with E-state index in [4.69, 9.17) is 10.1 Å². The molecule has 2 heterocycles. The Balaban J connectivity index is 1.54. The second kappa shape index (κ2) is 7.96. The van der Waals surface area contributed by atoms with Gasteiger partial charge in [-0.25, -0.2) is 0 Å². The second-order valence-electron chi connectivity index (χ2n) is 7.34. The van der Waals surface area contributed by atoms with Crippen molar-refractivity contribution in [3.05, 3.63) is 83.3 Å². The smallest absolute Gasteiger partial charge is 0.266 e. The van der Waals surface area contributed by atoms with Gasteiger partial charge in [-0.1, -0.05) is 43.3 Å². The van der Waals surface area contributed by atoms with Gasteiger partial charge in [-0.15, -0.1) is 0 Å². The fourth-order valence-corrected chi connectivity index (χ4v) is 4.70. The summed E-state index contributed by atoms with van der Waals surface area (Å²) in [5.74, 6) is 1.41. The first-order valence-corrected chi connectivity index (χ1v) is 11.0. The van der Waals surface area contributed by atoms with Crippen molar-refractivity contribution in [3.8, 4) is 11.5 Å². The van der Waals surface area contributed by atoms with Crippen LogP contribution in [0.1, 0.15) is 18.9 Å². The van der Waals surface area contributed by atoms with Gasteiger partial charge in [-0.05, 0) is 66.2 Å². The van der Waals surface area contributed by atoms with E-state index in [0.717, 1.165) is 40.5 Å². The Bertz CT molecular complexity index is 1210. The van der Waals surface area contributed by atoms with Crippen molar-refractivity contribution in [1.82, 2.24) is 4.90 Å². The number of nitrogens with zero attached hydrogens (tertiary/aromatic N) is 2. The number of benzene rings is 3. The van der Waals surface area contributed by atoms with E-state index in [2.05, 4.69) is 17.0 Å². The third kappa shape index (κ3) is 3.49. The summed E-state index contributed by atoms with van der Waals surface area (Å²) < 4.78 is 6.23. The number of amides is 1. The Morgan fingerprint density at radius 1 is 0.968 bits per heavy atom. The van der Waals surface area contributed by atoms with Crippen molar-refractivity contribution in [3.63, 3.8) is 0 Å². The average molecular weight is 428 g/mol. The van der Waals surface area contributed by atoms with Gasteiger partial charge in [-0.2, -0.15) is 0 Å². The predicted molar refractivity (Wildman–Crippen MR) is 126 cm³/mol. The van der Waals surface area contributed by atoms with E-state index in [0.29, 0.717) is 11.4 Å². The molecule has 1 saturated heterocycles. The third-order valence-corrected chi connectivity index (χ3v) is 6.14. The first-order valence-electron chi connectivity index (χ1n) is 10.2. The molecule has 154 valence electrons. The van der Waals surface area contributed by atoms with Crippen LogP contribution in [0.4, 0.5) is 17.1 Å². The summed E-state index contributed by atoms with van der Waals surface area (Å²) in [7, 11) is 0. The van der Waals surface area contributed by atoms with Crippen LogP contribution < -0.4 is 9.64 Å². The molecule has 1 fully saturated rings. The standard InChI is InChI=1S/C25H21N3O2S/c1-2-14-27-24(29)23(31-25(27)26)16-17-12-13-20-22(15-17)30-21-11-7-6-10-19(21)28(20)18-8-4-3-5-9-18/h3-13,15-16,26H,2,14H2,1H3/b23-16-,26-25?. The number of ether oxygens (including phenoxy) is 1. The van der Waals surface area contributed by atoms with Crippen molar-refractivity contribution in [2.75, 3.05) is 11.4 Å². The molecular formula is C25H21N3O2S. The maximum atomic E-state index is 12.7. The molecule has 0 unspecified atom stereocenters. The Kier molecular flexibility index (Phi) is 5.00. The summed E-state index contributed by atoms with van der Waals surface area (Å²) in [4.78, 5) is 16.9. The summed E-state index contributed by atoms with van der Waals surface area (Å²) in [5, 5.41) is 8.37. The molecule has 2 aliphatic rings. The van der Waals surface area contributed by atoms with Crippen LogP contribution in [0.25, 0.3) is 6.08 Å². The molecule has 3 aromatic carbocycles. The van der Waals surface area contributed by atoms with Crippen LogP contribution in [0.3, 0.4) is 0 Å². The lowest BCUT2D eigenvalue weighted by molar-refractivity contribution is -0.122.